The third-order valence-corrected chi connectivity index (χ3v) is 4.38. The maximum atomic E-state index is 3.68. The lowest BCUT2D eigenvalue weighted by Crippen LogP contribution is -2.31. The Morgan fingerprint density at radius 1 is 1.17 bits per heavy atom. The highest BCUT2D eigenvalue weighted by Crippen LogP contribution is 2.27. The maximum absolute atomic E-state index is 3.68. The molecule has 0 aliphatic carbocycles. The Hall–Kier alpha value is -0.860. The maximum Gasteiger partial charge on any atom is 0.0139 e. The molecule has 1 atom stereocenters. The lowest BCUT2D eigenvalue weighted by Gasteiger charge is -2.17. The molecular weight excluding hydrogens is 238 g/mol. The van der Waals surface area contributed by atoms with Crippen molar-refractivity contribution in [2.75, 3.05) is 6.54 Å². The van der Waals surface area contributed by atoms with Gasteiger partial charge in [0.1, 0.15) is 0 Å². The normalized spacial score (nSPS) is 13.0. The van der Waals surface area contributed by atoms with Crippen LogP contribution in [-0.2, 0) is 6.42 Å². The van der Waals surface area contributed by atoms with Crippen LogP contribution in [-0.4, -0.2) is 12.6 Å². The molecule has 1 N–H and O–H groups in total. The largest absolute Gasteiger partial charge is 0.314 e. The van der Waals surface area contributed by atoms with E-state index in [-0.39, 0.29) is 0 Å². The molecule has 1 aromatic carbocycles. The third kappa shape index (κ3) is 3.33. The molecule has 1 unspecified atom stereocenters. The first-order chi connectivity index (χ1) is 8.85. The van der Waals surface area contributed by atoms with Gasteiger partial charge in [-0.05, 0) is 42.0 Å². The summed E-state index contributed by atoms with van der Waals surface area (Å²) in [5.41, 5.74) is 0. The van der Waals surface area contributed by atoms with Gasteiger partial charge in [-0.2, -0.15) is 0 Å². The minimum Gasteiger partial charge on any atom is -0.314 e. The molecule has 0 fully saturated rings. The van der Waals surface area contributed by atoms with Gasteiger partial charge in [-0.25, -0.2) is 0 Å². The predicted molar refractivity (Wildman–Crippen MR) is 82.5 cm³/mol. The number of benzene rings is 1. The zero-order valence-corrected chi connectivity index (χ0v) is 12.2. The summed E-state index contributed by atoms with van der Waals surface area (Å²) in [6.07, 6.45) is 4.91. The Kier molecular flexibility index (Phi) is 5.21. The highest BCUT2D eigenvalue weighted by Gasteiger charge is 2.11. The number of hydrogen-bond acceptors (Lipinski definition) is 2. The van der Waals surface area contributed by atoms with Crippen LogP contribution in [0.3, 0.4) is 0 Å². The molecule has 98 valence electrons. The second-order valence-corrected chi connectivity index (χ2v) is 5.85. The van der Waals surface area contributed by atoms with Crippen LogP contribution in [0, 0.1) is 0 Å². The van der Waals surface area contributed by atoms with Crippen LogP contribution >= 0.6 is 11.3 Å². The molecule has 1 aromatic heterocycles. The molecule has 1 nitrogen and oxygen atoms in total. The Balaban J connectivity index is 2.10. The van der Waals surface area contributed by atoms with E-state index in [1.807, 2.05) is 11.3 Å². The molecule has 18 heavy (non-hydrogen) atoms. The van der Waals surface area contributed by atoms with E-state index in [1.54, 1.807) is 0 Å². The summed E-state index contributed by atoms with van der Waals surface area (Å²) in [7, 11) is 0. The Morgan fingerprint density at radius 3 is 2.78 bits per heavy atom. The molecular formula is C16H23NS. The average molecular weight is 261 g/mol. The van der Waals surface area contributed by atoms with Crippen molar-refractivity contribution < 1.29 is 0 Å². The van der Waals surface area contributed by atoms with E-state index in [9.17, 15) is 0 Å². The van der Waals surface area contributed by atoms with Crippen LogP contribution in [0.1, 0.15) is 38.0 Å². The molecule has 2 rings (SSSR count). The molecule has 0 radical (unpaired) electrons. The standard InChI is InChI=1S/C16H23NS/c1-3-7-14(17-10-4-2)11-16-15-9-6-5-8-13(15)12-18-16/h5-6,8-9,12,14,17H,3-4,7,10-11H2,1-2H3. The third-order valence-electron chi connectivity index (χ3n) is 3.34. The fraction of sp³-hybridized carbons (Fsp3) is 0.500. The zero-order valence-electron chi connectivity index (χ0n) is 11.4. The lowest BCUT2D eigenvalue weighted by molar-refractivity contribution is 0.476. The van der Waals surface area contributed by atoms with Gasteiger partial charge in [-0.15, -0.1) is 11.3 Å². The minimum absolute atomic E-state index is 0.636. The molecule has 0 aliphatic rings. The van der Waals surface area contributed by atoms with Crippen molar-refractivity contribution in [3.05, 3.63) is 34.5 Å². The molecule has 0 aliphatic heterocycles. The first kappa shape index (κ1) is 13.6. The van der Waals surface area contributed by atoms with Gasteiger partial charge in [0.15, 0.2) is 0 Å². The van der Waals surface area contributed by atoms with Crippen molar-refractivity contribution in [3.63, 3.8) is 0 Å². The summed E-state index contributed by atoms with van der Waals surface area (Å²) in [6.45, 7) is 5.64. The van der Waals surface area contributed by atoms with Gasteiger partial charge in [0.2, 0.25) is 0 Å². The van der Waals surface area contributed by atoms with E-state index in [0.717, 1.165) is 6.54 Å². The van der Waals surface area contributed by atoms with Gasteiger partial charge in [-0.1, -0.05) is 44.5 Å². The molecule has 0 saturated carbocycles. The molecule has 0 saturated heterocycles. The lowest BCUT2D eigenvalue weighted by atomic mass is 10.0. The van der Waals surface area contributed by atoms with E-state index < -0.39 is 0 Å². The van der Waals surface area contributed by atoms with Crippen LogP contribution in [0.15, 0.2) is 29.6 Å². The van der Waals surface area contributed by atoms with Crippen LogP contribution < -0.4 is 5.32 Å². The van der Waals surface area contributed by atoms with Gasteiger partial charge in [0, 0.05) is 10.9 Å². The first-order valence-electron chi connectivity index (χ1n) is 7.03. The van der Waals surface area contributed by atoms with Crippen LogP contribution in [0.4, 0.5) is 0 Å². The van der Waals surface area contributed by atoms with Crippen LogP contribution in [0.5, 0.6) is 0 Å². The highest BCUT2D eigenvalue weighted by molar-refractivity contribution is 7.11. The second-order valence-electron chi connectivity index (χ2n) is 4.89. The summed E-state index contributed by atoms with van der Waals surface area (Å²) in [6, 6.07) is 9.37. The van der Waals surface area contributed by atoms with Crippen LogP contribution in [0.2, 0.25) is 0 Å². The summed E-state index contributed by atoms with van der Waals surface area (Å²) >= 11 is 1.91. The minimum atomic E-state index is 0.636. The van der Waals surface area contributed by atoms with Gasteiger partial charge < -0.3 is 5.32 Å². The number of hydrogen-bond donors (Lipinski definition) is 1. The number of nitrogens with one attached hydrogen (secondary N) is 1. The van der Waals surface area contributed by atoms with Crippen molar-refractivity contribution >= 4 is 22.1 Å². The smallest absolute Gasteiger partial charge is 0.0139 e. The topological polar surface area (TPSA) is 12.0 Å². The summed E-state index contributed by atoms with van der Waals surface area (Å²) in [4.78, 5) is 1.53. The molecule has 2 aromatic rings. The number of thiophene rings is 1. The quantitative estimate of drug-likeness (QED) is 0.767. The van der Waals surface area contributed by atoms with Gasteiger partial charge in [-0.3, -0.25) is 0 Å². The molecule has 0 bridgehead atoms. The van der Waals surface area contributed by atoms with Crippen molar-refractivity contribution in [1.82, 2.24) is 5.32 Å². The molecule has 1 heterocycles. The highest BCUT2D eigenvalue weighted by atomic mass is 32.1. The van der Waals surface area contributed by atoms with E-state index in [2.05, 4.69) is 48.8 Å². The first-order valence-corrected chi connectivity index (χ1v) is 7.91. The SMILES string of the molecule is CCCNC(CCC)Cc1scc2ccccc12. The van der Waals surface area contributed by atoms with E-state index in [0.29, 0.717) is 6.04 Å². The summed E-state index contributed by atoms with van der Waals surface area (Å²) < 4.78 is 0. The van der Waals surface area contributed by atoms with Crippen LogP contribution in [0.25, 0.3) is 10.8 Å². The van der Waals surface area contributed by atoms with Crippen molar-refractivity contribution in [2.45, 2.75) is 45.6 Å². The van der Waals surface area contributed by atoms with Crippen molar-refractivity contribution in [1.29, 1.82) is 0 Å². The monoisotopic (exact) mass is 261 g/mol. The summed E-state index contributed by atoms with van der Waals surface area (Å²) in [5.74, 6) is 0. The molecule has 2 heteroatoms. The van der Waals surface area contributed by atoms with Gasteiger partial charge >= 0.3 is 0 Å². The van der Waals surface area contributed by atoms with E-state index >= 15 is 0 Å². The predicted octanol–water partition coefficient (Wildman–Crippen LogP) is 4.61. The van der Waals surface area contributed by atoms with Gasteiger partial charge in [0.25, 0.3) is 0 Å². The number of rotatable bonds is 7. The fourth-order valence-corrected chi connectivity index (χ4v) is 3.49. The summed E-state index contributed by atoms with van der Waals surface area (Å²) in [5, 5.41) is 8.80. The Morgan fingerprint density at radius 2 is 2.00 bits per heavy atom. The fourth-order valence-electron chi connectivity index (χ4n) is 2.41. The van der Waals surface area contributed by atoms with Crippen molar-refractivity contribution in [3.8, 4) is 0 Å². The van der Waals surface area contributed by atoms with E-state index in [1.165, 1.54) is 41.3 Å². The molecule has 0 spiro atoms. The van der Waals surface area contributed by atoms with Gasteiger partial charge in [0.05, 0.1) is 0 Å². The van der Waals surface area contributed by atoms with Crippen molar-refractivity contribution in [2.24, 2.45) is 0 Å². The average Bonchev–Trinajstić information content (AvgIpc) is 2.80. The zero-order chi connectivity index (χ0) is 12.8. The second kappa shape index (κ2) is 6.91. The Labute approximate surface area is 114 Å². The van der Waals surface area contributed by atoms with E-state index in [4.69, 9.17) is 0 Å². The molecule has 0 amide bonds. The number of fused-ring (bicyclic) bond motifs is 1. The Bertz CT molecular complexity index is 475.